The molecule has 0 radical (unpaired) electrons. The molecular weight excluding hydrogens is 287 g/mol. The Morgan fingerprint density at radius 3 is 2.86 bits per heavy atom. The van der Waals surface area contributed by atoms with Gasteiger partial charge in [-0.1, -0.05) is 18.2 Å². The Labute approximate surface area is 127 Å². The van der Waals surface area contributed by atoms with Gasteiger partial charge in [0.05, 0.1) is 10.7 Å². The lowest BCUT2D eigenvalue weighted by atomic mass is 10.1. The summed E-state index contributed by atoms with van der Waals surface area (Å²) in [5, 5.41) is 5.82. The largest absolute Gasteiger partial charge is 0.352 e. The fourth-order valence-electron chi connectivity index (χ4n) is 1.86. The molecule has 1 amide bonds. The lowest BCUT2D eigenvalue weighted by Gasteiger charge is -2.05. The number of carbonyl (C=O) groups excluding carboxylic acids is 1. The summed E-state index contributed by atoms with van der Waals surface area (Å²) in [6.45, 7) is 4.15. The highest BCUT2D eigenvalue weighted by Gasteiger charge is 2.06. The van der Waals surface area contributed by atoms with E-state index in [1.807, 2.05) is 12.3 Å². The maximum absolute atomic E-state index is 13.5. The fraction of sp³-hybridized carbons (Fsp3) is 0.250. The number of aromatic nitrogens is 1. The Morgan fingerprint density at radius 2 is 2.19 bits per heavy atom. The molecule has 0 saturated heterocycles. The van der Waals surface area contributed by atoms with Crippen molar-refractivity contribution in [2.75, 3.05) is 6.54 Å². The number of thiazole rings is 1. The summed E-state index contributed by atoms with van der Waals surface area (Å²) < 4.78 is 13.5. The van der Waals surface area contributed by atoms with Crippen LogP contribution in [0.15, 0.2) is 35.2 Å². The third-order valence-corrected chi connectivity index (χ3v) is 3.79. The highest BCUT2D eigenvalue weighted by molar-refractivity contribution is 7.09. The standard InChI is InChI=1S/C16H17FN2OS/c1-11(9-13-5-3-4-6-15(13)17)16(20)18-8-7-14-10-21-12(2)19-14/h3-6,9-10H,7-8H2,1-2H3,(H,18,20)/b11-9+. The van der Waals surface area contributed by atoms with Gasteiger partial charge in [0, 0.05) is 29.5 Å². The molecule has 1 aromatic carbocycles. The number of halogens is 1. The Morgan fingerprint density at radius 1 is 1.43 bits per heavy atom. The van der Waals surface area contributed by atoms with Crippen LogP contribution in [0.4, 0.5) is 4.39 Å². The van der Waals surface area contributed by atoms with Crippen LogP contribution < -0.4 is 5.32 Å². The lowest BCUT2D eigenvalue weighted by molar-refractivity contribution is -0.117. The van der Waals surface area contributed by atoms with E-state index in [4.69, 9.17) is 0 Å². The molecule has 0 saturated carbocycles. The number of aryl methyl sites for hydroxylation is 1. The molecular formula is C16H17FN2OS. The second-order valence-electron chi connectivity index (χ2n) is 4.71. The molecule has 0 aliphatic carbocycles. The van der Waals surface area contributed by atoms with Crippen molar-refractivity contribution < 1.29 is 9.18 Å². The molecule has 2 rings (SSSR count). The lowest BCUT2D eigenvalue weighted by Crippen LogP contribution is -2.26. The van der Waals surface area contributed by atoms with Gasteiger partial charge in [-0.15, -0.1) is 11.3 Å². The normalized spacial score (nSPS) is 11.5. The summed E-state index contributed by atoms with van der Waals surface area (Å²) in [6.07, 6.45) is 2.25. The van der Waals surface area contributed by atoms with Gasteiger partial charge in [-0.05, 0) is 26.0 Å². The van der Waals surface area contributed by atoms with Crippen LogP contribution in [0, 0.1) is 12.7 Å². The Balaban J connectivity index is 1.89. The molecule has 0 unspecified atom stereocenters. The van der Waals surface area contributed by atoms with Crippen molar-refractivity contribution in [2.24, 2.45) is 0 Å². The van der Waals surface area contributed by atoms with Gasteiger partial charge in [0.25, 0.3) is 0 Å². The Kier molecular flexibility index (Phi) is 5.22. The highest BCUT2D eigenvalue weighted by atomic mass is 32.1. The molecule has 2 aromatic rings. The topological polar surface area (TPSA) is 42.0 Å². The molecule has 0 spiro atoms. The van der Waals surface area contributed by atoms with E-state index in [2.05, 4.69) is 10.3 Å². The average molecular weight is 304 g/mol. The van der Waals surface area contributed by atoms with Crippen molar-refractivity contribution >= 4 is 23.3 Å². The molecule has 5 heteroatoms. The first-order chi connectivity index (χ1) is 10.1. The molecule has 3 nitrogen and oxygen atoms in total. The van der Waals surface area contributed by atoms with Gasteiger partial charge in [0.15, 0.2) is 0 Å². The van der Waals surface area contributed by atoms with Gasteiger partial charge < -0.3 is 5.32 Å². The van der Waals surface area contributed by atoms with E-state index in [0.717, 1.165) is 10.7 Å². The summed E-state index contributed by atoms with van der Waals surface area (Å²) in [5.41, 5.74) is 1.88. The first kappa shape index (κ1) is 15.4. The van der Waals surface area contributed by atoms with Gasteiger partial charge in [-0.3, -0.25) is 4.79 Å². The van der Waals surface area contributed by atoms with Crippen LogP contribution in [0.3, 0.4) is 0 Å². The van der Waals surface area contributed by atoms with E-state index < -0.39 is 0 Å². The average Bonchev–Trinajstić information content (AvgIpc) is 2.87. The summed E-state index contributed by atoms with van der Waals surface area (Å²) in [4.78, 5) is 16.3. The van der Waals surface area contributed by atoms with Gasteiger partial charge in [-0.2, -0.15) is 0 Å². The van der Waals surface area contributed by atoms with Crippen molar-refractivity contribution in [3.8, 4) is 0 Å². The second-order valence-corrected chi connectivity index (χ2v) is 5.77. The van der Waals surface area contributed by atoms with E-state index in [-0.39, 0.29) is 11.7 Å². The van der Waals surface area contributed by atoms with Crippen LogP contribution in [-0.2, 0) is 11.2 Å². The van der Waals surface area contributed by atoms with E-state index in [1.165, 1.54) is 6.07 Å². The number of nitrogens with zero attached hydrogens (tertiary/aromatic N) is 1. The molecule has 0 aliphatic rings. The van der Waals surface area contributed by atoms with Gasteiger partial charge in [-0.25, -0.2) is 9.37 Å². The highest BCUT2D eigenvalue weighted by Crippen LogP contribution is 2.11. The van der Waals surface area contributed by atoms with Crippen LogP contribution >= 0.6 is 11.3 Å². The third kappa shape index (κ3) is 4.49. The SMILES string of the molecule is C/C(=C\c1ccccc1F)C(=O)NCCc1csc(C)n1. The summed E-state index contributed by atoms with van der Waals surface area (Å²) in [7, 11) is 0. The predicted octanol–water partition coefficient (Wildman–Crippen LogP) is 3.35. The minimum Gasteiger partial charge on any atom is -0.352 e. The monoisotopic (exact) mass is 304 g/mol. The molecule has 0 bridgehead atoms. The maximum Gasteiger partial charge on any atom is 0.246 e. The number of nitrogens with one attached hydrogen (secondary N) is 1. The second kappa shape index (κ2) is 7.13. The third-order valence-electron chi connectivity index (χ3n) is 2.97. The molecule has 0 atom stereocenters. The smallest absolute Gasteiger partial charge is 0.246 e. The molecule has 1 heterocycles. The van der Waals surface area contributed by atoms with Crippen LogP contribution in [0.5, 0.6) is 0 Å². The molecule has 1 N–H and O–H groups in total. The Bertz CT molecular complexity index is 664. The molecule has 0 fully saturated rings. The molecule has 21 heavy (non-hydrogen) atoms. The van der Waals surface area contributed by atoms with Crippen LogP contribution in [-0.4, -0.2) is 17.4 Å². The number of carbonyl (C=O) groups is 1. The summed E-state index contributed by atoms with van der Waals surface area (Å²) in [5.74, 6) is -0.521. The zero-order valence-electron chi connectivity index (χ0n) is 12.0. The van der Waals surface area contributed by atoms with Crippen LogP contribution in [0.2, 0.25) is 0 Å². The minimum atomic E-state index is -0.331. The summed E-state index contributed by atoms with van der Waals surface area (Å²) >= 11 is 1.60. The first-order valence-electron chi connectivity index (χ1n) is 6.68. The van der Waals surface area contributed by atoms with E-state index in [9.17, 15) is 9.18 Å². The fourth-order valence-corrected chi connectivity index (χ4v) is 2.50. The van der Waals surface area contributed by atoms with Crippen LogP contribution in [0.1, 0.15) is 23.2 Å². The van der Waals surface area contributed by atoms with Crippen molar-refractivity contribution in [1.82, 2.24) is 10.3 Å². The zero-order valence-corrected chi connectivity index (χ0v) is 12.8. The van der Waals surface area contributed by atoms with Crippen molar-refractivity contribution in [3.63, 3.8) is 0 Å². The van der Waals surface area contributed by atoms with Gasteiger partial charge in [0.1, 0.15) is 5.82 Å². The van der Waals surface area contributed by atoms with Gasteiger partial charge in [0.2, 0.25) is 5.91 Å². The van der Waals surface area contributed by atoms with Crippen molar-refractivity contribution in [2.45, 2.75) is 20.3 Å². The van der Waals surface area contributed by atoms with Crippen LogP contribution in [0.25, 0.3) is 6.08 Å². The predicted molar refractivity (Wildman–Crippen MR) is 83.6 cm³/mol. The number of hydrogen-bond acceptors (Lipinski definition) is 3. The molecule has 0 aliphatic heterocycles. The maximum atomic E-state index is 13.5. The zero-order chi connectivity index (χ0) is 15.2. The Hall–Kier alpha value is -2.01. The van der Waals surface area contributed by atoms with Gasteiger partial charge >= 0.3 is 0 Å². The number of benzene rings is 1. The van der Waals surface area contributed by atoms with E-state index in [1.54, 1.807) is 42.5 Å². The number of hydrogen-bond donors (Lipinski definition) is 1. The van der Waals surface area contributed by atoms with E-state index >= 15 is 0 Å². The number of amides is 1. The molecule has 1 aromatic heterocycles. The van der Waals surface area contributed by atoms with Crippen molar-refractivity contribution in [1.29, 1.82) is 0 Å². The van der Waals surface area contributed by atoms with Crippen molar-refractivity contribution in [3.05, 3.63) is 57.3 Å². The number of rotatable bonds is 5. The van der Waals surface area contributed by atoms with E-state index in [0.29, 0.717) is 24.1 Å². The first-order valence-corrected chi connectivity index (χ1v) is 7.56. The summed E-state index contributed by atoms with van der Waals surface area (Å²) in [6, 6.07) is 6.38. The minimum absolute atomic E-state index is 0.190. The molecule has 110 valence electrons. The quantitative estimate of drug-likeness (QED) is 0.861.